The lowest BCUT2D eigenvalue weighted by molar-refractivity contribution is 0.0598. The zero-order chi connectivity index (χ0) is 11.8. The first-order valence-electron chi connectivity index (χ1n) is 7.75. The van der Waals surface area contributed by atoms with E-state index in [0.29, 0.717) is 0 Å². The first-order valence-corrected chi connectivity index (χ1v) is 7.75. The molecule has 2 nitrogen and oxygen atoms in total. The molecule has 0 spiro atoms. The molecule has 17 heavy (non-hydrogen) atoms. The molecule has 0 aromatic heterocycles. The first-order chi connectivity index (χ1) is 8.25. The number of rotatable bonds is 3. The molecule has 3 rings (SSSR count). The fraction of sp³-hybridized carbons (Fsp3) is 1.00. The van der Waals surface area contributed by atoms with Crippen molar-refractivity contribution in [3.8, 4) is 0 Å². The molecule has 1 N–H and O–H groups in total. The summed E-state index contributed by atoms with van der Waals surface area (Å²) in [7, 11) is 0. The average molecular weight is 236 g/mol. The van der Waals surface area contributed by atoms with E-state index >= 15 is 0 Å². The summed E-state index contributed by atoms with van der Waals surface area (Å²) in [6.07, 6.45) is 8.85. The Labute approximate surface area is 106 Å². The first kappa shape index (κ1) is 12.0. The molecular weight excluding hydrogens is 208 g/mol. The predicted molar refractivity (Wildman–Crippen MR) is 72.1 cm³/mol. The van der Waals surface area contributed by atoms with E-state index in [9.17, 15) is 0 Å². The molecule has 2 saturated carbocycles. The van der Waals surface area contributed by atoms with Gasteiger partial charge in [0.2, 0.25) is 0 Å². The molecule has 0 bridgehead atoms. The molecule has 2 aliphatic carbocycles. The molecule has 0 aromatic carbocycles. The molecule has 0 amide bonds. The van der Waals surface area contributed by atoms with Gasteiger partial charge in [-0.05, 0) is 37.5 Å². The maximum atomic E-state index is 3.80. The standard InChI is InChI=1S/C15H28N2/c1-11(2)14-10-17(13-5-3-4-6-13)15(9-16-14)12-7-8-12/h11-16H,3-10H2,1-2H3. The van der Waals surface area contributed by atoms with Gasteiger partial charge in [0.1, 0.15) is 0 Å². The summed E-state index contributed by atoms with van der Waals surface area (Å²) in [6.45, 7) is 7.29. The number of hydrogen-bond donors (Lipinski definition) is 1. The van der Waals surface area contributed by atoms with Crippen LogP contribution in [0.3, 0.4) is 0 Å². The highest BCUT2D eigenvalue weighted by Crippen LogP contribution is 2.39. The molecule has 98 valence electrons. The monoisotopic (exact) mass is 236 g/mol. The molecule has 2 unspecified atom stereocenters. The van der Waals surface area contributed by atoms with Crippen molar-refractivity contribution < 1.29 is 0 Å². The van der Waals surface area contributed by atoms with Crippen LogP contribution in [0.15, 0.2) is 0 Å². The van der Waals surface area contributed by atoms with Gasteiger partial charge in [0, 0.05) is 31.2 Å². The third-order valence-corrected chi connectivity index (χ3v) is 5.19. The lowest BCUT2D eigenvalue weighted by atomic mass is 9.95. The highest BCUT2D eigenvalue weighted by Gasteiger charge is 2.42. The molecule has 1 saturated heterocycles. The maximum Gasteiger partial charge on any atom is 0.0252 e. The van der Waals surface area contributed by atoms with Crippen LogP contribution < -0.4 is 5.32 Å². The Morgan fingerprint density at radius 3 is 2.35 bits per heavy atom. The second-order valence-electron chi connectivity index (χ2n) is 6.80. The minimum Gasteiger partial charge on any atom is -0.311 e. The topological polar surface area (TPSA) is 15.3 Å². The number of piperazine rings is 1. The predicted octanol–water partition coefficient (Wildman–Crippen LogP) is 2.64. The van der Waals surface area contributed by atoms with Gasteiger partial charge < -0.3 is 5.32 Å². The molecule has 1 aliphatic heterocycles. The van der Waals surface area contributed by atoms with Gasteiger partial charge in [-0.1, -0.05) is 26.7 Å². The Balaban J connectivity index is 1.68. The molecule has 1 heterocycles. The van der Waals surface area contributed by atoms with E-state index in [-0.39, 0.29) is 0 Å². The van der Waals surface area contributed by atoms with Crippen molar-refractivity contribution >= 4 is 0 Å². The summed E-state index contributed by atoms with van der Waals surface area (Å²) in [6, 6.07) is 2.52. The van der Waals surface area contributed by atoms with Gasteiger partial charge in [0.05, 0.1) is 0 Å². The fourth-order valence-corrected chi connectivity index (χ4v) is 3.84. The van der Waals surface area contributed by atoms with Crippen molar-refractivity contribution in [3.05, 3.63) is 0 Å². The average Bonchev–Trinajstić information content (AvgIpc) is 3.03. The van der Waals surface area contributed by atoms with Gasteiger partial charge in [-0.15, -0.1) is 0 Å². The Bertz CT molecular complexity index is 254. The lowest BCUT2D eigenvalue weighted by Crippen LogP contribution is -2.61. The van der Waals surface area contributed by atoms with Crippen LogP contribution in [0.5, 0.6) is 0 Å². The summed E-state index contributed by atoms with van der Waals surface area (Å²) in [5.41, 5.74) is 0. The van der Waals surface area contributed by atoms with Gasteiger partial charge in [-0.3, -0.25) is 4.90 Å². The fourth-order valence-electron chi connectivity index (χ4n) is 3.84. The summed E-state index contributed by atoms with van der Waals surface area (Å²) in [4.78, 5) is 2.91. The van der Waals surface area contributed by atoms with E-state index in [4.69, 9.17) is 0 Å². The van der Waals surface area contributed by atoms with E-state index in [1.165, 1.54) is 51.6 Å². The normalized spacial score (nSPS) is 36.9. The van der Waals surface area contributed by atoms with Crippen LogP contribution in [0.4, 0.5) is 0 Å². The van der Waals surface area contributed by atoms with Gasteiger partial charge in [0.25, 0.3) is 0 Å². The maximum absolute atomic E-state index is 3.80. The summed E-state index contributed by atoms with van der Waals surface area (Å²) >= 11 is 0. The van der Waals surface area contributed by atoms with Crippen molar-refractivity contribution in [1.29, 1.82) is 0 Å². The second kappa shape index (κ2) is 4.89. The van der Waals surface area contributed by atoms with E-state index < -0.39 is 0 Å². The molecule has 3 fully saturated rings. The van der Waals surface area contributed by atoms with Crippen LogP contribution in [0.2, 0.25) is 0 Å². The smallest absolute Gasteiger partial charge is 0.0252 e. The van der Waals surface area contributed by atoms with E-state index in [1.54, 1.807) is 0 Å². The van der Waals surface area contributed by atoms with Gasteiger partial charge >= 0.3 is 0 Å². The van der Waals surface area contributed by atoms with Crippen LogP contribution in [0.25, 0.3) is 0 Å². The van der Waals surface area contributed by atoms with Gasteiger partial charge in [-0.2, -0.15) is 0 Å². The Morgan fingerprint density at radius 1 is 1.06 bits per heavy atom. The summed E-state index contributed by atoms with van der Waals surface area (Å²) < 4.78 is 0. The minimum absolute atomic E-state index is 0.727. The van der Waals surface area contributed by atoms with Crippen LogP contribution in [-0.4, -0.2) is 36.1 Å². The highest BCUT2D eigenvalue weighted by molar-refractivity contribution is 4.98. The quantitative estimate of drug-likeness (QED) is 0.810. The molecule has 0 aromatic rings. The van der Waals surface area contributed by atoms with Gasteiger partial charge in [0.15, 0.2) is 0 Å². The zero-order valence-corrected chi connectivity index (χ0v) is 11.5. The van der Waals surface area contributed by atoms with E-state index in [0.717, 1.165) is 30.0 Å². The third-order valence-electron chi connectivity index (χ3n) is 5.19. The molecule has 2 heteroatoms. The molecule has 3 aliphatic rings. The van der Waals surface area contributed by atoms with Crippen LogP contribution in [0, 0.1) is 11.8 Å². The van der Waals surface area contributed by atoms with Crippen LogP contribution >= 0.6 is 0 Å². The summed E-state index contributed by atoms with van der Waals surface area (Å²) in [5, 5.41) is 3.80. The lowest BCUT2D eigenvalue weighted by Gasteiger charge is -2.45. The number of nitrogens with zero attached hydrogens (tertiary/aromatic N) is 1. The van der Waals surface area contributed by atoms with Crippen molar-refractivity contribution in [2.24, 2.45) is 11.8 Å². The SMILES string of the molecule is CC(C)C1CN(C2CCCC2)C(C2CC2)CN1. The Kier molecular flexibility index (Phi) is 3.45. The van der Waals surface area contributed by atoms with E-state index in [2.05, 4.69) is 24.1 Å². The van der Waals surface area contributed by atoms with Crippen molar-refractivity contribution in [2.75, 3.05) is 13.1 Å². The second-order valence-corrected chi connectivity index (χ2v) is 6.80. The Morgan fingerprint density at radius 2 is 1.76 bits per heavy atom. The van der Waals surface area contributed by atoms with Crippen molar-refractivity contribution in [3.63, 3.8) is 0 Å². The van der Waals surface area contributed by atoms with Gasteiger partial charge in [-0.25, -0.2) is 0 Å². The zero-order valence-electron chi connectivity index (χ0n) is 11.5. The molecule has 0 radical (unpaired) electrons. The minimum atomic E-state index is 0.727. The van der Waals surface area contributed by atoms with Crippen LogP contribution in [-0.2, 0) is 0 Å². The number of nitrogens with one attached hydrogen (secondary N) is 1. The largest absolute Gasteiger partial charge is 0.311 e. The number of hydrogen-bond acceptors (Lipinski definition) is 2. The van der Waals surface area contributed by atoms with Crippen molar-refractivity contribution in [2.45, 2.75) is 70.5 Å². The van der Waals surface area contributed by atoms with Crippen LogP contribution in [0.1, 0.15) is 52.4 Å². The third kappa shape index (κ3) is 2.53. The Hall–Kier alpha value is -0.0800. The highest BCUT2D eigenvalue weighted by atomic mass is 15.3. The summed E-state index contributed by atoms with van der Waals surface area (Å²) in [5.74, 6) is 1.80. The molecular formula is C15H28N2. The van der Waals surface area contributed by atoms with E-state index in [1.807, 2.05) is 0 Å². The van der Waals surface area contributed by atoms with Crippen molar-refractivity contribution in [1.82, 2.24) is 10.2 Å². The molecule has 2 atom stereocenters.